The highest BCUT2D eigenvalue weighted by atomic mass is 16.5. The maximum atomic E-state index is 11.5. The molecule has 0 saturated heterocycles. The van der Waals surface area contributed by atoms with E-state index in [9.17, 15) is 9.59 Å². The van der Waals surface area contributed by atoms with Gasteiger partial charge in [-0.2, -0.15) is 0 Å². The predicted molar refractivity (Wildman–Crippen MR) is 65.1 cm³/mol. The van der Waals surface area contributed by atoms with Crippen LogP contribution in [-0.4, -0.2) is 37.9 Å². The molecule has 0 fully saturated rings. The molecule has 4 nitrogen and oxygen atoms in total. The number of amides is 1. The Morgan fingerprint density at radius 3 is 2.53 bits per heavy atom. The van der Waals surface area contributed by atoms with Crippen LogP contribution >= 0.6 is 0 Å². The summed E-state index contributed by atoms with van der Waals surface area (Å²) in [7, 11) is 2.98. The van der Waals surface area contributed by atoms with Crippen LogP contribution in [-0.2, 0) is 14.3 Å². The lowest BCUT2D eigenvalue weighted by molar-refractivity contribution is -0.133. The highest BCUT2D eigenvalue weighted by molar-refractivity contribution is 5.90. The summed E-state index contributed by atoms with van der Waals surface area (Å²) in [5, 5.41) is 0. The molecule has 0 aliphatic rings. The van der Waals surface area contributed by atoms with E-state index in [0.717, 1.165) is 5.56 Å². The van der Waals surface area contributed by atoms with Gasteiger partial charge in [0.05, 0.1) is 5.70 Å². The second-order valence-electron chi connectivity index (χ2n) is 3.48. The fourth-order valence-corrected chi connectivity index (χ4v) is 1.29. The van der Waals surface area contributed by atoms with Gasteiger partial charge in [0, 0.05) is 14.2 Å². The fourth-order valence-electron chi connectivity index (χ4n) is 1.29. The Hall–Kier alpha value is -1.94. The van der Waals surface area contributed by atoms with Crippen molar-refractivity contribution in [1.29, 1.82) is 0 Å². The van der Waals surface area contributed by atoms with Gasteiger partial charge in [0.1, 0.15) is 6.61 Å². The molecule has 0 aromatic heterocycles. The Kier molecular flexibility index (Phi) is 5.10. The van der Waals surface area contributed by atoms with Crippen molar-refractivity contribution < 1.29 is 14.3 Å². The second kappa shape index (κ2) is 6.60. The molecule has 1 aromatic carbocycles. The van der Waals surface area contributed by atoms with E-state index >= 15 is 0 Å². The second-order valence-corrected chi connectivity index (χ2v) is 3.48. The number of carbonyl (C=O) groups is 2. The van der Waals surface area contributed by atoms with Crippen molar-refractivity contribution in [2.24, 2.45) is 0 Å². The summed E-state index contributed by atoms with van der Waals surface area (Å²) in [5.74, 6) is -0.262. The summed E-state index contributed by atoms with van der Waals surface area (Å²) in [6.45, 7) is -0.0452. The molecule has 0 saturated carbocycles. The molecule has 90 valence electrons. The van der Waals surface area contributed by atoms with Crippen LogP contribution in [0.1, 0.15) is 5.56 Å². The average molecular weight is 233 g/mol. The van der Waals surface area contributed by atoms with Gasteiger partial charge in [-0.1, -0.05) is 30.3 Å². The van der Waals surface area contributed by atoms with Gasteiger partial charge in [0.25, 0.3) is 5.91 Å². The molecule has 0 radical (unpaired) electrons. The quantitative estimate of drug-likeness (QED) is 0.569. The summed E-state index contributed by atoms with van der Waals surface area (Å²) < 4.78 is 4.74. The number of hydrogen-bond acceptors (Lipinski definition) is 3. The zero-order valence-electron chi connectivity index (χ0n) is 9.92. The first kappa shape index (κ1) is 13.1. The van der Waals surface area contributed by atoms with E-state index in [1.54, 1.807) is 13.1 Å². The molecule has 1 rings (SSSR count). The van der Waals surface area contributed by atoms with E-state index in [4.69, 9.17) is 4.74 Å². The summed E-state index contributed by atoms with van der Waals surface area (Å²) in [6.07, 6.45) is 2.31. The molecule has 0 spiro atoms. The molecular formula is C13H15NO3. The number of hydrogen-bond donors (Lipinski definition) is 0. The first-order valence-electron chi connectivity index (χ1n) is 5.16. The van der Waals surface area contributed by atoms with Crippen molar-refractivity contribution in [3.8, 4) is 0 Å². The molecule has 0 N–H and O–H groups in total. The molecule has 4 heteroatoms. The van der Waals surface area contributed by atoms with E-state index in [1.807, 2.05) is 30.3 Å². The monoisotopic (exact) mass is 233 g/mol. The lowest BCUT2D eigenvalue weighted by atomic mass is 10.2. The van der Waals surface area contributed by atoms with Gasteiger partial charge in [-0.25, -0.2) is 0 Å². The van der Waals surface area contributed by atoms with E-state index in [0.29, 0.717) is 12.0 Å². The summed E-state index contributed by atoms with van der Waals surface area (Å²) in [6, 6.07) is 9.34. The average Bonchev–Trinajstić information content (AvgIpc) is 2.36. The molecule has 0 heterocycles. The van der Waals surface area contributed by atoms with Crippen molar-refractivity contribution in [3.05, 3.63) is 41.6 Å². The number of aldehydes is 1. The first-order valence-corrected chi connectivity index (χ1v) is 5.16. The van der Waals surface area contributed by atoms with Gasteiger partial charge in [-0.05, 0) is 11.6 Å². The Morgan fingerprint density at radius 2 is 2.00 bits per heavy atom. The standard InChI is InChI=1S/C13H15NO3/c1-14(13(16)10-17-2)12(9-15)8-11-6-4-3-5-7-11/h3-9H,10H2,1-2H3. The zero-order chi connectivity index (χ0) is 12.7. The summed E-state index contributed by atoms with van der Waals surface area (Å²) in [4.78, 5) is 23.8. The van der Waals surface area contributed by atoms with Gasteiger partial charge < -0.3 is 9.64 Å². The van der Waals surface area contributed by atoms with Gasteiger partial charge in [0.15, 0.2) is 6.29 Å². The number of carbonyl (C=O) groups excluding carboxylic acids is 2. The molecule has 0 bridgehead atoms. The maximum Gasteiger partial charge on any atom is 0.252 e. The van der Waals surface area contributed by atoms with Crippen molar-refractivity contribution in [1.82, 2.24) is 4.90 Å². The smallest absolute Gasteiger partial charge is 0.252 e. The summed E-state index contributed by atoms with van der Waals surface area (Å²) >= 11 is 0. The van der Waals surface area contributed by atoms with E-state index in [1.165, 1.54) is 12.0 Å². The third-order valence-electron chi connectivity index (χ3n) is 2.26. The lowest BCUT2D eigenvalue weighted by Gasteiger charge is -2.16. The number of rotatable bonds is 5. The highest BCUT2D eigenvalue weighted by Crippen LogP contribution is 2.08. The topological polar surface area (TPSA) is 46.6 Å². The van der Waals surface area contributed by atoms with E-state index in [-0.39, 0.29) is 12.5 Å². The molecule has 1 aromatic rings. The third-order valence-corrected chi connectivity index (χ3v) is 2.26. The molecule has 17 heavy (non-hydrogen) atoms. The minimum Gasteiger partial charge on any atom is -0.375 e. The Balaban J connectivity index is 2.88. The number of nitrogens with zero attached hydrogens (tertiary/aromatic N) is 1. The van der Waals surface area contributed by atoms with Gasteiger partial charge in [-0.3, -0.25) is 9.59 Å². The number of ether oxygens (including phenoxy) is 1. The predicted octanol–water partition coefficient (Wildman–Crippen LogP) is 1.33. The normalized spacial score (nSPS) is 11.1. The molecule has 0 atom stereocenters. The van der Waals surface area contributed by atoms with Crippen LogP contribution in [0.2, 0.25) is 0 Å². The van der Waals surface area contributed by atoms with Gasteiger partial charge >= 0.3 is 0 Å². The van der Waals surface area contributed by atoms with Crippen LogP contribution in [0.25, 0.3) is 6.08 Å². The molecule has 0 unspecified atom stereocenters. The Labute approximate surface area is 100 Å². The zero-order valence-corrected chi connectivity index (χ0v) is 9.92. The molecule has 1 amide bonds. The van der Waals surface area contributed by atoms with E-state index in [2.05, 4.69) is 0 Å². The van der Waals surface area contributed by atoms with Crippen LogP contribution in [0.15, 0.2) is 36.0 Å². The molecular weight excluding hydrogens is 218 g/mol. The van der Waals surface area contributed by atoms with Gasteiger partial charge in [-0.15, -0.1) is 0 Å². The van der Waals surface area contributed by atoms with Crippen LogP contribution in [0, 0.1) is 0 Å². The lowest BCUT2D eigenvalue weighted by Crippen LogP contribution is -2.29. The van der Waals surface area contributed by atoms with Crippen molar-refractivity contribution in [2.75, 3.05) is 20.8 Å². The van der Waals surface area contributed by atoms with Crippen LogP contribution < -0.4 is 0 Å². The van der Waals surface area contributed by atoms with Crippen molar-refractivity contribution in [3.63, 3.8) is 0 Å². The van der Waals surface area contributed by atoms with Gasteiger partial charge in [0.2, 0.25) is 0 Å². The van der Waals surface area contributed by atoms with Crippen molar-refractivity contribution >= 4 is 18.3 Å². The number of allylic oxidation sites excluding steroid dienone is 1. The number of benzene rings is 1. The Morgan fingerprint density at radius 1 is 1.35 bits per heavy atom. The minimum absolute atomic E-state index is 0.0452. The summed E-state index contributed by atoms with van der Waals surface area (Å²) in [5.41, 5.74) is 1.17. The van der Waals surface area contributed by atoms with Crippen LogP contribution in [0.4, 0.5) is 0 Å². The first-order chi connectivity index (χ1) is 8.19. The number of methoxy groups -OCH3 is 1. The highest BCUT2D eigenvalue weighted by Gasteiger charge is 2.12. The van der Waals surface area contributed by atoms with Crippen molar-refractivity contribution in [2.45, 2.75) is 0 Å². The van der Waals surface area contributed by atoms with Crippen LogP contribution in [0.5, 0.6) is 0 Å². The largest absolute Gasteiger partial charge is 0.375 e. The number of likely N-dealkylation sites (N-methyl/N-ethyl adjacent to an activating group) is 1. The third kappa shape index (κ3) is 3.85. The van der Waals surface area contributed by atoms with Crippen LogP contribution in [0.3, 0.4) is 0 Å². The van der Waals surface area contributed by atoms with E-state index < -0.39 is 0 Å². The molecule has 0 aliphatic carbocycles. The minimum atomic E-state index is -0.262. The molecule has 0 aliphatic heterocycles. The maximum absolute atomic E-state index is 11.5. The fraction of sp³-hybridized carbons (Fsp3) is 0.231. The SMILES string of the molecule is COCC(=O)N(C)C(C=O)=Cc1ccccc1. The Bertz CT molecular complexity index is 412.